The van der Waals surface area contributed by atoms with Crippen LogP contribution in [0, 0.1) is 0 Å². The zero-order valence-corrected chi connectivity index (χ0v) is 7.66. The van der Waals surface area contributed by atoms with Gasteiger partial charge >= 0.3 is 0 Å². The van der Waals surface area contributed by atoms with Crippen LogP contribution < -0.4 is 0 Å². The van der Waals surface area contributed by atoms with E-state index in [1.165, 1.54) is 6.42 Å². The molecule has 72 valence electrons. The summed E-state index contributed by atoms with van der Waals surface area (Å²) >= 11 is 0. The molecular formula is C9H18O3. The lowest BCUT2D eigenvalue weighted by Gasteiger charge is -2.24. The largest absolute Gasteiger partial charge is 0.391 e. The van der Waals surface area contributed by atoms with Gasteiger partial charge in [0.15, 0.2) is 0 Å². The van der Waals surface area contributed by atoms with Crippen LogP contribution in [-0.4, -0.2) is 37.6 Å². The molecule has 0 saturated carbocycles. The first-order valence-electron chi connectivity index (χ1n) is 4.61. The van der Waals surface area contributed by atoms with Crippen LogP contribution >= 0.6 is 0 Å². The second-order valence-corrected chi connectivity index (χ2v) is 3.33. The third-order valence-electron chi connectivity index (χ3n) is 2.17. The van der Waals surface area contributed by atoms with E-state index in [-0.39, 0.29) is 12.2 Å². The van der Waals surface area contributed by atoms with Crippen LogP contribution in [0.3, 0.4) is 0 Å². The van der Waals surface area contributed by atoms with Crippen molar-refractivity contribution in [2.24, 2.45) is 0 Å². The summed E-state index contributed by atoms with van der Waals surface area (Å²) in [6.07, 6.45) is 4.08. The Kier molecular flexibility index (Phi) is 4.58. The van der Waals surface area contributed by atoms with Crippen LogP contribution in [0.1, 0.15) is 25.7 Å². The topological polar surface area (TPSA) is 38.7 Å². The number of aliphatic hydroxyl groups is 1. The molecule has 1 N–H and O–H groups in total. The number of rotatable bonds is 4. The summed E-state index contributed by atoms with van der Waals surface area (Å²) in [4.78, 5) is 0. The highest BCUT2D eigenvalue weighted by molar-refractivity contribution is 4.68. The lowest BCUT2D eigenvalue weighted by molar-refractivity contribution is -0.0309. The van der Waals surface area contributed by atoms with Gasteiger partial charge in [-0.15, -0.1) is 0 Å². The molecule has 1 aliphatic rings. The van der Waals surface area contributed by atoms with E-state index < -0.39 is 0 Å². The molecule has 1 aliphatic heterocycles. The fourth-order valence-electron chi connectivity index (χ4n) is 1.56. The quantitative estimate of drug-likeness (QED) is 0.689. The Hall–Kier alpha value is -0.120. The Morgan fingerprint density at radius 3 is 3.00 bits per heavy atom. The van der Waals surface area contributed by atoms with Crippen molar-refractivity contribution in [2.45, 2.75) is 37.9 Å². The molecule has 1 fully saturated rings. The molecule has 0 aromatic heterocycles. The monoisotopic (exact) mass is 174 g/mol. The number of methoxy groups -OCH3 is 1. The minimum atomic E-state index is -0.363. The minimum absolute atomic E-state index is 0.254. The smallest absolute Gasteiger partial charge is 0.0798 e. The molecule has 1 heterocycles. The normalized spacial score (nSPS) is 27.0. The number of ether oxygens (including phenoxy) is 2. The lowest BCUT2D eigenvalue weighted by atomic mass is 10.0. The van der Waals surface area contributed by atoms with Gasteiger partial charge < -0.3 is 14.6 Å². The van der Waals surface area contributed by atoms with E-state index in [1.54, 1.807) is 7.11 Å². The zero-order chi connectivity index (χ0) is 8.81. The van der Waals surface area contributed by atoms with Crippen molar-refractivity contribution in [3.63, 3.8) is 0 Å². The zero-order valence-electron chi connectivity index (χ0n) is 7.66. The highest BCUT2D eigenvalue weighted by atomic mass is 16.5. The van der Waals surface area contributed by atoms with Gasteiger partial charge in [-0.3, -0.25) is 0 Å². The fraction of sp³-hybridized carbons (Fsp3) is 1.00. The third kappa shape index (κ3) is 3.52. The molecule has 2 atom stereocenters. The summed E-state index contributed by atoms with van der Waals surface area (Å²) in [5, 5.41) is 9.40. The molecular weight excluding hydrogens is 156 g/mol. The van der Waals surface area contributed by atoms with Crippen LogP contribution in [0.4, 0.5) is 0 Å². The van der Waals surface area contributed by atoms with E-state index in [1.807, 2.05) is 0 Å². The number of hydrogen-bond donors (Lipinski definition) is 1. The molecule has 1 rings (SSSR count). The molecule has 0 aromatic carbocycles. The Morgan fingerprint density at radius 1 is 1.58 bits per heavy atom. The van der Waals surface area contributed by atoms with Crippen LogP contribution in [0.25, 0.3) is 0 Å². The van der Waals surface area contributed by atoms with E-state index in [4.69, 9.17) is 9.47 Å². The van der Waals surface area contributed by atoms with Gasteiger partial charge in [0, 0.05) is 20.1 Å². The van der Waals surface area contributed by atoms with Crippen molar-refractivity contribution in [1.29, 1.82) is 0 Å². The minimum Gasteiger partial charge on any atom is -0.391 e. The van der Waals surface area contributed by atoms with Crippen LogP contribution in [-0.2, 0) is 9.47 Å². The SMILES string of the molecule is COCC(O)CC1CCCCO1. The predicted octanol–water partition coefficient (Wildman–Crippen LogP) is 0.953. The van der Waals surface area contributed by atoms with Gasteiger partial charge in [-0.05, 0) is 19.3 Å². The molecule has 0 spiro atoms. The molecule has 0 bridgehead atoms. The molecule has 2 unspecified atom stereocenters. The first kappa shape index (κ1) is 9.96. The van der Waals surface area contributed by atoms with Crippen LogP contribution in [0.5, 0.6) is 0 Å². The Balaban J connectivity index is 2.11. The van der Waals surface area contributed by atoms with Crippen molar-refractivity contribution in [3.8, 4) is 0 Å². The Bertz CT molecular complexity index is 110. The second-order valence-electron chi connectivity index (χ2n) is 3.33. The van der Waals surface area contributed by atoms with Crippen molar-refractivity contribution in [1.82, 2.24) is 0 Å². The standard InChI is InChI=1S/C9H18O3/c1-11-7-8(10)6-9-4-2-3-5-12-9/h8-10H,2-7H2,1H3. The summed E-state index contributed by atoms with van der Waals surface area (Å²) in [6.45, 7) is 1.27. The molecule has 0 aromatic rings. The van der Waals surface area contributed by atoms with Crippen molar-refractivity contribution in [2.75, 3.05) is 20.3 Å². The summed E-state index contributed by atoms with van der Waals surface area (Å²) < 4.78 is 10.3. The van der Waals surface area contributed by atoms with E-state index in [2.05, 4.69) is 0 Å². The summed E-state index contributed by atoms with van der Waals surface area (Å²) in [5.41, 5.74) is 0. The van der Waals surface area contributed by atoms with Gasteiger partial charge in [0.2, 0.25) is 0 Å². The average molecular weight is 174 g/mol. The van der Waals surface area contributed by atoms with Crippen molar-refractivity contribution in [3.05, 3.63) is 0 Å². The van der Waals surface area contributed by atoms with E-state index in [0.717, 1.165) is 19.4 Å². The van der Waals surface area contributed by atoms with E-state index in [0.29, 0.717) is 13.0 Å². The molecule has 12 heavy (non-hydrogen) atoms. The summed E-state index contributed by atoms with van der Waals surface area (Å²) in [6, 6.07) is 0. The molecule has 0 amide bonds. The molecule has 3 heteroatoms. The first-order chi connectivity index (χ1) is 5.83. The van der Waals surface area contributed by atoms with E-state index in [9.17, 15) is 5.11 Å². The van der Waals surface area contributed by atoms with E-state index >= 15 is 0 Å². The lowest BCUT2D eigenvalue weighted by Crippen LogP contribution is -2.26. The molecule has 0 aliphatic carbocycles. The van der Waals surface area contributed by atoms with Gasteiger partial charge in [0.1, 0.15) is 0 Å². The molecule has 1 saturated heterocycles. The van der Waals surface area contributed by atoms with Gasteiger partial charge in [-0.2, -0.15) is 0 Å². The number of aliphatic hydroxyl groups excluding tert-OH is 1. The van der Waals surface area contributed by atoms with Gasteiger partial charge in [-0.25, -0.2) is 0 Å². The van der Waals surface area contributed by atoms with Crippen molar-refractivity contribution >= 4 is 0 Å². The third-order valence-corrected chi connectivity index (χ3v) is 2.17. The summed E-state index contributed by atoms with van der Waals surface area (Å²) in [7, 11) is 1.60. The number of hydrogen-bond acceptors (Lipinski definition) is 3. The fourth-order valence-corrected chi connectivity index (χ4v) is 1.56. The maximum Gasteiger partial charge on any atom is 0.0798 e. The predicted molar refractivity (Wildman–Crippen MR) is 46.1 cm³/mol. The van der Waals surface area contributed by atoms with Crippen molar-refractivity contribution < 1.29 is 14.6 Å². The Morgan fingerprint density at radius 2 is 2.42 bits per heavy atom. The van der Waals surface area contributed by atoms with Gasteiger partial charge in [0.05, 0.1) is 18.8 Å². The Labute approximate surface area is 73.7 Å². The van der Waals surface area contributed by atoms with Gasteiger partial charge in [-0.1, -0.05) is 0 Å². The first-order valence-corrected chi connectivity index (χ1v) is 4.61. The van der Waals surface area contributed by atoms with Crippen LogP contribution in [0.2, 0.25) is 0 Å². The molecule has 3 nitrogen and oxygen atoms in total. The maximum atomic E-state index is 9.40. The van der Waals surface area contributed by atoms with Crippen LogP contribution in [0.15, 0.2) is 0 Å². The highest BCUT2D eigenvalue weighted by Gasteiger charge is 2.17. The highest BCUT2D eigenvalue weighted by Crippen LogP contribution is 2.16. The second kappa shape index (κ2) is 5.51. The average Bonchev–Trinajstić information content (AvgIpc) is 2.06. The van der Waals surface area contributed by atoms with Gasteiger partial charge in [0.25, 0.3) is 0 Å². The summed E-state index contributed by atoms with van der Waals surface area (Å²) in [5.74, 6) is 0. The maximum absolute atomic E-state index is 9.40. The molecule has 0 radical (unpaired) electrons.